The van der Waals surface area contributed by atoms with Gasteiger partial charge in [-0.15, -0.1) is 11.8 Å². The molecule has 0 amide bonds. The van der Waals surface area contributed by atoms with Gasteiger partial charge in [0.2, 0.25) is 0 Å². The van der Waals surface area contributed by atoms with E-state index in [-0.39, 0.29) is 59.4 Å². The Morgan fingerprint density at radius 2 is 2.20 bits per heavy atom. The van der Waals surface area contributed by atoms with Gasteiger partial charge in [-0.2, -0.15) is 0 Å². The van der Waals surface area contributed by atoms with E-state index >= 15 is 0 Å². The van der Waals surface area contributed by atoms with E-state index in [0.717, 1.165) is 12.0 Å². The Morgan fingerprint density at radius 1 is 1.43 bits per heavy atom. The summed E-state index contributed by atoms with van der Waals surface area (Å²) in [5, 5.41) is 21.0. The van der Waals surface area contributed by atoms with E-state index < -0.39 is 12.2 Å². The van der Waals surface area contributed by atoms with Crippen molar-refractivity contribution in [1.82, 2.24) is 0 Å². The zero-order valence-corrected chi connectivity index (χ0v) is 20.3. The molecule has 1 aliphatic heterocycles. The Bertz CT molecular complexity index is 825. The number of carbonyl (C=O) groups is 1. The minimum Gasteiger partial charge on any atom is -0.485 e. The molecule has 0 aromatic heterocycles. The number of aliphatic hydroxyl groups is 2. The van der Waals surface area contributed by atoms with Gasteiger partial charge in [-0.25, -0.2) is 0 Å². The van der Waals surface area contributed by atoms with Crippen LogP contribution >= 0.6 is 0 Å². The van der Waals surface area contributed by atoms with Gasteiger partial charge in [-0.3, -0.25) is 4.79 Å². The molecule has 2 N–H and O–H groups in total. The van der Waals surface area contributed by atoms with E-state index in [1.807, 2.05) is 32.1 Å². The van der Waals surface area contributed by atoms with Crippen molar-refractivity contribution in [2.24, 2.45) is 11.8 Å². The normalized spacial score (nSPS) is 25.9. The van der Waals surface area contributed by atoms with Crippen molar-refractivity contribution < 1.29 is 24.5 Å². The van der Waals surface area contributed by atoms with Crippen LogP contribution in [0, 0.1) is 23.7 Å². The van der Waals surface area contributed by atoms with E-state index in [0.29, 0.717) is 30.8 Å². The summed E-state index contributed by atoms with van der Waals surface area (Å²) in [5.41, 5.74) is 0.947. The van der Waals surface area contributed by atoms with Crippen molar-refractivity contribution >= 4 is 35.5 Å². The average Bonchev–Trinajstić information content (AvgIpc) is 3.20. The predicted octanol–water partition coefficient (Wildman–Crippen LogP) is 3.20. The fraction of sp³-hybridized carbons (Fsp3) is 0.542. The number of benzene rings is 1. The molecule has 1 saturated carbocycles. The number of para-hydroxylation sites is 1. The number of fused-ring (bicyclic) bond motifs is 3. The maximum atomic E-state index is 11.9. The topological polar surface area (TPSA) is 76.0 Å². The number of aliphatic hydroxyl groups excluding tert-OH is 2. The van der Waals surface area contributed by atoms with Gasteiger partial charge < -0.3 is 19.7 Å². The SMILES string of the molecule is CC#CCC(C)[C@H](O)C=C[C@@H]1[C@H]2c3cccc(OC(=O)CCC)c3O[C@H]2C[C@H]1O.[Na]. The zero-order chi connectivity index (χ0) is 21.0. The summed E-state index contributed by atoms with van der Waals surface area (Å²) in [6, 6.07) is 5.56. The van der Waals surface area contributed by atoms with E-state index in [9.17, 15) is 15.0 Å². The zero-order valence-electron chi connectivity index (χ0n) is 18.3. The maximum absolute atomic E-state index is 11.9. The molecular weight excluding hydrogens is 391 g/mol. The fourth-order valence-electron chi connectivity index (χ4n) is 4.15. The van der Waals surface area contributed by atoms with Gasteiger partial charge in [-0.05, 0) is 25.3 Å². The van der Waals surface area contributed by atoms with Crippen molar-refractivity contribution in [3.8, 4) is 23.3 Å². The largest absolute Gasteiger partial charge is 0.485 e. The van der Waals surface area contributed by atoms with Crippen molar-refractivity contribution in [3.63, 3.8) is 0 Å². The summed E-state index contributed by atoms with van der Waals surface area (Å²) in [4.78, 5) is 11.9. The number of hydrogen-bond acceptors (Lipinski definition) is 5. The third-order valence-corrected chi connectivity index (χ3v) is 5.76. The van der Waals surface area contributed by atoms with Gasteiger partial charge in [0.15, 0.2) is 11.5 Å². The van der Waals surface area contributed by atoms with Crippen LogP contribution in [-0.4, -0.2) is 64.1 Å². The first-order valence-corrected chi connectivity index (χ1v) is 10.4. The van der Waals surface area contributed by atoms with Crippen LogP contribution in [0.15, 0.2) is 30.4 Å². The molecule has 5 nitrogen and oxygen atoms in total. The van der Waals surface area contributed by atoms with Crippen LogP contribution in [0.4, 0.5) is 0 Å². The van der Waals surface area contributed by atoms with Gasteiger partial charge in [0.25, 0.3) is 0 Å². The van der Waals surface area contributed by atoms with Crippen LogP contribution in [0.3, 0.4) is 0 Å². The van der Waals surface area contributed by atoms with E-state index in [2.05, 4.69) is 11.8 Å². The summed E-state index contributed by atoms with van der Waals surface area (Å²) in [7, 11) is 0. The van der Waals surface area contributed by atoms with Crippen LogP contribution in [0.2, 0.25) is 0 Å². The molecule has 1 heterocycles. The van der Waals surface area contributed by atoms with Crippen molar-refractivity contribution in [1.29, 1.82) is 0 Å². The number of carbonyl (C=O) groups excluding carboxylic acids is 1. The second kappa shape index (κ2) is 11.4. The molecule has 6 heteroatoms. The van der Waals surface area contributed by atoms with Gasteiger partial charge in [0.1, 0.15) is 6.10 Å². The molecule has 1 unspecified atom stereocenters. The Labute approximate surface area is 201 Å². The first-order chi connectivity index (χ1) is 14.0. The summed E-state index contributed by atoms with van der Waals surface area (Å²) in [6.45, 7) is 5.67. The van der Waals surface area contributed by atoms with Crippen LogP contribution in [0.25, 0.3) is 0 Å². The summed E-state index contributed by atoms with van der Waals surface area (Å²) in [5.74, 6) is 6.44. The van der Waals surface area contributed by atoms with Gasteiger partial charge in [0, 0.05) is 66.2 Å². The average molecular weight is 421 g/mol. The molecule has 157 valence electrons. The Kier molecular flexibility index (Phi) is 9.46. The third-order valence-electron chi connectivity index (χ3n) is 5.76. The van der Waals surface area contributed by atoms with Gasteiger partial charge in [0.05, 0.1) is 12.2 Å². The van der Waals surface area contributed by atoms with Crippen molar-refractivity contribution in [3.05, 3.63) is 35.9 Å². The standard InChI is InChI=1S/C24H30O5.Na/c1-4-6-9-15(3)18(25)13-12-16-19(26)14-21-23(16)17-10-7-11-20(24(17)29-21)28-22(27)8-5-2;/h7,10-13,15-16,18-19,21,23,25-26H,5,8-9,14H2,1-3H3;/t15?,16-,18+,19+,21-,23-;/m0./s1. The Balaban J connectivity index is 0.00000320. The molecule has 1 aliphatic carbocycles. The monoisotopic (exact) mass is 421 g/mol. The molecule has 1 radical (unpaired) electrons. The van der Waals surface area contributed by atoms with Crippen LogP contribution < -0.4 is 9.47 Å². The number of esters is 1. The summed E-state index contributed by atoms with van der Waals surface area (Å²) >= 11 is 0. The molecular formula is C24H30NaO5. The number of ether oxygens (including phenoxy) is 2. The Morgan fingerprint density at radius 3 is 2.90 bits per heavy atom. The molecule has 3 rings (SSSR count). The van der Waals surface area contributed by atoms with Crippen LogP contribution in [-0.2, 0) is 4.79 Å². The molecule has 1 fully saturated rings. The van der Waals surface area contributed by atoms with Gasteiger partial charge in [-0.1, -0.05) is 38.1 Å². The minimum absolute atomic E-state index is 0. The molecule has 1 aromatic rings. The summed E-state index contributed by atoms with van der Waals surface area (Å²) < 4.78 is 11.6. The second-order valence-corrected chi connectivity index (χ2v) is 7.94. The Hall–Kier alpha value is -1.29. The maximum Gasteiger partial charge on any atom is 0.311 e. The molecule has 0 bridgehead atoms. The number of hydrogen-bond donors (Lipinski definition) is 2. The smallest absolute Gasteiger partial charge is 0.311 e. The third kappa shape index (κ3) is 5.49. The van der Waals surface area contributed by atoms with Crippen LogP contribution in [0.1, 0.15) is 57.9 Å². The molecule has 0 spiro atoms. The van der Waals surface area contributed by atoms with E-state index in [1.54, 1.807) is 19.1 Å². The second-order valence-electron chi connectivity index (χ2n) is 7.94. The molecule has 1 aromatic carbocycles. The quantitative estimate of drug-likeness (QED) is 0.233. The minimum atomic E-state index is -0.620. The predicted molar refractivity (Wildman–Crippen MR) is 116 cm³/mol. The van der Waals surface area contributed by atoms with Gasteiger partial charge >= 0.3 is 5.97 Å². The molecule has 30 heavy (non-hydrogen) atoms. The number of rotatable bonds is 7. The van der Waals surface area contributed by atoms with Crippen molar-refractivity contribution in [2.75, 3.05) is 0 Å². The van der Waals surface area contributed by atoms with Crippen molar-refractivity contribution in [2.45, 2.75) is 70.7 Å². The summed E-state index contributed by atoms with van der Waals surface area (Å²) in [6.07, 6.45) is 4.56. The van der Waals surface area contributed by atoms with Crippen LogP contribution in [0.5, 0.6) is 11.5 Å². The molecule has 0 saturated heterocycles. The molecule has 2 aliphatic rings. The first-order valence-electron chi connectivity index (χ1n) is 10.4. The van der Waals surface area contributed by atoms with E-state index in [4.69, 9.17) is 9.47 Å². The molecule has 6 atom stereocenters. The van der Waals surface area contributed by atoms with E-state index in [1.165, 1.54) is 0 Å². The first kappa shape index (κ1) is 25.0. The fourth-order valence-corrected chi connectivity index (χ4v) is 4.15.